The molecule has 21 heavy (non-hydrogen) atoms. The zero-order valence-corrected chi connectivity index (χ0v) is 13.6. The van der Waals surface area contributed by atoms with Crippen molar-refractivity contribution in [1.82, 2.24) is 9.97 Å². The quantitative estimate of drug-likeness (QED) is 0.903. The van der Waals surface area contributed by atoms with Gasteiger partial charge in [0.2, 0.25) is 5.88 Å². The van der Waals surface area contributed by atoms with Crippen LogP contribution in [0.2, 0.25) is 0 Å². The number of nitrogen functional groups attached to an aromatic ring is 1. The van der Waals surface area contributed by atoms with Crippen molar-refractivity contribution in [2.45, 2.75) is 47.0 Å². The van der Waals surface area contributed by atoms with Gasteiger partial charge in [0.05, 0.1) is 5.56 Å². The first kappa shape index (κ1) is 15.3. The Morgan fingerprint density at radius 2 is 1.67 bits per heavy atom. The number of ether oxygens (including phenoxy) is 1. The number of rotatable bonds is 2. The summed E-state index contributed by atoms with van der Waals surface area (Å²) in [5.74, 6) is 2.48. The molecule has 112 valence electrons. The van der Waals surface area contributed by atoms with Crippen LogP contribution < -0.4 is 10.5 Å². The lowest BCUT2D eigenvalue weighted by Gasteiger charge is -2.19. The second kappa shape index (κ2) is 5.35. The Morgan fingerprint density at radius 1 is 1.00 bits per heavy atom. The van der Waals surface area contributed by atoms with Crippen molar-refractivity contribution in [1.29, 1.82) is 0 Å². The molecule has 0 bridgehead atoms. The Hall–Kier alpha value is -2.10. The Kier molecular flexibility index (Phi) is 3.90. The maximum absolute atomic E-state index is 6.01. The summed E-state index contributed by atoms with van der Waals surface area (Å²) in [6, 6.07) is 5.98. The molecule has 0 fully saturated rings. The third-order valence-corrected chi connectivity index (χ3v) is 3.57. The summed E-state index contributed by atoms with van der Waals surface area (Å²) in [5, 5.41) is 0. The molecule has 4 nitrogen and oxygen atoms in total. The lowest BCUT2D eigenvalue weighted by atomic mass is 9.95. The maximum Gasteiger partial charge on any atom is 0.227 e. The summed E-state index contributed by atoms with van der Waals surface area (Å²) in [5.41, 5.74) is 8.88. The van der Waals surface area contributed by atoms with E-state index < -0.39 is 0 Å². The van der Waals surface area contributed by atoms with Gasteiger partial charge in [-0.25, -0.2) is 4.98 Å². The molecule has 1 heterocycles. The average Bonchev–Trinajstić information content (AvgIpc) is 2.38. The van der Waals surface area contributed by atoms with E-state index >= 15 is 0 Å². The molecule has 4 heteroatoms. The molecule has 2 rings (SSSR count). The third-order valence-electron chi connectivity index (χ3n) is 3.57. The van der Waals surface area contributed by atoms with Crippen LogP contribution in [0.3, 0.4) is 0 Å². The molecular formula is C17H23N3O. The minimum Gasteiger partial charge on any atom is -0.438 e. The number of nitrogens with two attached hydrogens (primary N) is 1. The zero-order chi connectivity index (χ0) is 15.8. The van der Waals surface area contributed by atoms with Gasteiger partial charge in [-0.3, -0.25) is 0 Å². The molecular weight excluding hydrogens is 262 g/mol. The van der Waals surface area contributed by atoms with Crippen LogP contribution in [-0.4, -0.2) is 9.97 Å². The molecule has 0 saturated carbocycles. The van der Waals surface area contributed by atoms with Crippen molar-refractivity contribution in [2.24, 2.45) is 0 Å². The summed E-state index contributed by atoms with van der Waals surface area (Å²) in [4.78, 5) is 8.93. The minimum atomic E-state index is -0.179. The van der Waals surface area contributed by atoms with E-state index in [1.54, 1.807) is 0 Å². The van der Waals surface area contributed by atoms with Crippen LogP contribution >= 0.6 is 0 Å². The number of benzene rings is 1. The average molecular weight is 285 g/mol. The highest BCUT2D eigenvalue weighted by Gasteiger charge is 2.21. The van der Waals surface area contributed by atoms with Gasteiger partial charge in [-0.05, 0) is 38.0 Å². The first-order chi connectivity index (χ1) is 9.70. The standard InChI is InChI=1S/C17H23N3O/c1-10-8-7-9-13(11(10)2)21-15-12(3)14(18)19-16(20-15)17(4,5)6/h7-9H,1-6H3,(H2,18,19,20). The maximum atomic E-state index is 6.01. The predicted octanol–water partition coefficient (Wildman–Crippen LogP) is 4.07. The van der Waals surface area contributed by atoms with E-state index in [4.69, 9.17) is 10.5 Å². The van der Waals surface area contributed by atoms with Crippen LogP contribution in [0, 0.1) is 20.8 Å². The first-order valence-corrected chi connectivity index (χ1v) is 7.09. The molecule has 0 unspecified atom stereocenters. The third kappa shape index (κ3) is 3.15. The molecule has 0 saturated heterocycles. The van der Waals surface area contributed by atoms with Crippen molar-refractivity contribution in [3.63, 3.8) is 0 Å². The fourth-order valence-electron chi connectivity index (χ4n) is 1.89. The highest BCUT2D eigenvalue weighted by Crippen LogP contribution is 2.31. The fraction of sp³-hybridized carbons (Fsp3) is 0.412. The molecule has 0 atom stereocenters. The van der Waals surface area contributed by atoms with Gasteiger partial charge in [0.25, 0.3) is 0 Å². The van der Waals surface area contributed by atoms with Gasteiger partial charge in [-0.1, -0.05) is 32.9 Å². The number of aromatic nitrogens is 2. The van der Waals surface area contributed by atoms with Gasteiger partial charge in [-0.2, -0.15) is 4.98 Å². The molecule has 0 radical (unpaired) electrons. The SMILES string of the molecule is Cc1cccc(Oc2nc(C(C)(C)C)nc(N)c2C)c1C. The van der Waals surface area contributed by atoms with Crippen LogP contribution in [0.5, 0.6) is 11.6 Å². The van der Waals surface area contributed by atoms with E-state index in [2.05, 4.69) is 43.7 Å². The van der Waals surface area contributed by atoms with E-state index in [0.29, 0.717) is 17.5 Å². The van der Waals surface area contributed by atoms with E-state index in [1.165, 1.54) is 5.56 Å². The van der Waals surface area contributed by atoms with Gasteiger partial charge in [0, 0.05) is 5.41 Å². The smallest absolute Gasteiger partial charge is 0.227 e. The second-order valence-corrected chi connectivity index (χ2v) is 6.41. The molecule has 1 aromatic carbocycles. The minimum absolute atomic E-state index is 0.179. The van der Waals surface area contributed by atoms with E-state index in [0.717, 1.165) is 16.9 Å². The molecule has 0 amide bonds. The van der Waals surface area contributed by atoms with Crippen molar-refractivity contribution >= 4 is 5.82 Å². The summed E-state index contributed by atoms with van der Waals surface area (Å²) in [6.07, 6.45) is 0. The fourth-order valence-corrected chi connectivity index (χ4v) is 1.89. The molecule has 0 aliphatic carbocycles. The lowest BCUT2D eigenvalue weighted by Crippen LogP contribution is -2.18. The second-order valence-electron chi connectivity index (χ2n) is 6.41. The van der Waals surface area contributed by atoms with Crippen molar-refractivity contribution < 1.29 is 4.74 Å². The van der Waals surface area contributed by atoms with Crippen molar-refractivity contribution in [2.75, 3.05) is 5.73 Å². The summed E-state index contributed by atoms with van der Waals surface area (Å²) in [7, 11) is 0. The Labute approximate surface area is 126 Å². The van der Waals surface area contributed by atoms with Gasteiger partial charge < -0.3 is 10.5 Å². The zero-order valence-electron chi connectivity index (χ0n) is 13.6. The summed E-state index contributed by atoms with van der Waals surface area (Å²) in [6.45, 7) is 12.1. The molecule has 0 aliphatic rings. The lowest BCUT2D eigenvalue weighted by molar-refractivity contribution is 0.439. The van der Waals surface area contributed by atoms with Gasteiger partial charge in [0.15, 0.2) is 0 Å². The van der Waals surface area contributed by atoms with E-state index in [-0.39, 0.29) is 5.41 Å². The van der Waals surface area contributed by atoms with Crippen LogP contribution in [0.15, 0.2) is 18.2 Å². The molecule has 0 aliphatic heterocycles. The van der Waals surface area contributed by atoms with Crippen LogP contribution in [-0.2, 0) is 5.41 Å². The summed E-state index contributed by atoms with van der Waals surface area (Å²) >= 11 is 0. The topological polar surface area (TPSA) is 61.0 Å². The Balaban J connectivity index is 2.49. The molecule has 0 spiro atoms. The van der Waals surface area contributed by atoms with Crippen molar-refractivity contribution in [3.8, 4) is 11.6 Å². The number of anilines is 1. The largest absolute Gasteiger partial charge is 0.438 e. The summed E-state index contributed by atoms with van der Waals surface area (Å²) < 4.78 is 6.01. The molecule has 1 aromatic heterocycles. The molecule has 2 N–H and O–H groups in total. The number of hydrogen-bond acceptors (Lipinski definition) is 4. The number of aryl methyl sites for hydroxylation is 1. The van der Waals surface area contributed by atoms with E-state index in [1.807, 2.05) is 26.0 Å². The van der Waals surface area contributed by atoms with Gasteiger partial charge >= 0.3 is 0 Å². The van der Waals surface area contributed by atoms with Crippen LogP contribution in [0.4, 0.5) is 5.82 Å². The monoisotopic (exact) mass is 285 g/mol. The predicted molar refractivity (Wildman–Crippen MR) is 85.9 cm³/mol. The van der Waals surface area contributed by atoms with Crippen LogP contribution in [0.1, 0.15) is 43.3 Å². The van der Waals surface area contributed by atoms with Crippen LogP contribution in [0.25, 0.3) is 0 Å². The van der Waals surface area contributed by atoms with Crippen molar-refractivity contribution in [3.05, 3.63) is 40.7 Å². The number of hydrogen-bond donors (Lipinski definition) is 1. The molecule has 2 aromatic rings. The Bertz CT molecular complexity index is 672. The number of nitrogens with zero attached hydrogens (tertiary/aromatic N) is 2. The highest BCUT2D eigenvalue weighted by molar-refractivity contribution is 5.48. The van der Waals surface area contributed by atoms with Gasteiger partial charge in [0.1, 0.15) is 17.4 Å². The Morgan fingerprint density at radius 3 is 2.29 bits per heavy atom. The first-order valence-electron chi connectivity index (χ1n) is 7.09. The van der Waals surface area contributed by atoms with E-state index in [9.17, 15) is 0 Å². The highest BCUT2D eigenvalue weighted by atomic mass is 16.5. The van der Waals surface area contributed by atoms with Gasteiger partial charge in [-0.15, -0.1) is 0 Å². The normalized spacial score (nSPS) is 11.5.